The smallest absolute Gasteiger partial charge is 0.230 e. The SMILES string of the molecule is C/C=C\c1c(C)c2c(ccc3c4ccccc4n(C4=C5CCCCC5C(C)C=C4)c32)n1C1=NC(c2ccccc2)CC(C2=CC=CC=CC2)=N1. The average molecular weight is 653 g/mol. The van der Waals surface area contributed by atoms with Gasteiger partial charge in [-0.05, 0) is 97.9 Å². The lowest BCUT2D eigenvalue weighted by Gasteiger charge is -2.34. The molecular weight excluding hydrogens is 609 g/mol. The number of aliphatic imine (C=N–C) groups is 2. The van der Waals surface area contributed by atoms with Gasteiger partial charge in [0.1, 0.15) is 0 Å². The van der Waals surface area contributed by atoms with E-state index < -0.39 is 0 Å². The highest BCUT2D eigenvalue weighted by atomic mass is 15.2. The molecule has 4 aliphatic rings. The van der Waals surface area contributed by atoms with Gasteiger partial charge in [-0.3, -0.25) is 4.57 Å². The summed E-state index contributed by atoms with van der Waals surface area (Å²) in [6, 6.07) is 24.4. The Hall–Kier alpha value is -5.22. The molecule has 0 radical (unpaired) electrons. The third-order valence-electron chi connectivity index (χ3n) is 11.4. The number of para-hydroxylation sites is 1. The van der Waals surface area contributed by atoms with Crippen LogP contribution in [-0.2, 0) is 0 Å². The topological polar surface area (TPSA) is 34.6 Å². The third kappa shape index (κ3) is 4.95. The van der Waals surface area contributed by atoms with Crippen LogP contribution in [0.2, 0.25) is 0 Å². The molecule has 0 spiro atoms. The quantitative estimate of drug-likeness (QED) is 0.185. The summed E-state index contributed by atoms with van der Waals surface area (Å²) in [4.78, 5) is 10.9. The molecule has 0 saturated heterocycles. The first-order valence-corrected chi connectivity index (χ1v) is 18.5. The molecule has 0 bridgehead atoms. The van der Waals surface area contributed by atoms with Crippen molar-refractivity contribution in [1.82, 2.24) is 9.13 Å². The van der Waals surface area contributed by atoms with Crippen molar-refractivity contribution < 1.29 is 0 Å². The monoisotopic (exact) mass is 652 g/mol. The van der Waals surface area contributed by atoms with Crippen molar-refractivity contribution in [3.63, 3.8) is 0 Å². The number of nitrogens with zero attached hydrogens (tertiary/aromatic N) is 4. The fraction of sp³-hybridized carbons (Fsp3) is 0.261. The van der Waals surface area contributed by atoms with E-state index in [0.717, 1.165) is 35.7 Å². The number of fused-ring (bicyclic) bond motifs is 6. The standard InChI is InChI=1S/C46H44N4/c1-4-16-40-31(3)44-43(50(40)46-47-38(32-17-8-5-6-9-18-32)29-39(48-46)33-19-10-7-11-20-33)28-26-37-36-23-14-15-24-41(36)49(45(37)44)42-27-25-30(2)34-21-12-13-22-35(34)42/h4-11,14-17,19-20,23-28,30,34,39H,12-13,18,21-22,29H2,1-3H3/b16-4-. The van der Waals surface area contributed by atoms with Gasteiger partial charge in [0, 0.05) is 28.3 Å². The summed E-state index contributed by atoms with van der Waals surface area (Å²) in [5, 5.41) is 3.88. The Morgan fingerprint density at radius 3 is 2.60 bits per heavy atom. The fourth-order valence-corrected chi connectivity index (χ4v) is 9.02. The minimum Gasteiger partial charge on any atom is -0.309 e. The molecule has 2 aromatic heterocycles. The second kappa shape index (κ2) is 12.6. The Morgan fingerprint density at radius 2 is 1.72 bits per heavy atom. The minimum absolute atomic E-state index is 0.0215. The molecule has 3 unspecified atom stereocenters. The van der Waals surface area contributed by atoms with Crippen molar-refractivity contribution in [2.45, 2.75) is 65.3 Å². The van der Waals surface area contributed by atoms with E-state index in [1.807, 2.05) is 0 Å². The largest absolute Gasteiger partial charge is 0.309 e. The summed E-state index contributed by atoms with van der Waals surface area (Å²) in [7, 11) is 0. The zero-order valence-corrected chi connectivity index (χ0v) is 29.3. The third-order valence-corrected chi connectivity index (χ3v) is 11.4. The fourth-order valence-electron chi connectivity index (χ4n) is 9.02. The molecule has 1 saturated carbocycles. The van der Waals surface area contributed by atoms with Gasteiger partial charge in [-0.25, -0.2) is 9.98 Å². The van der Waals surface area contributed by atoms with Gasteiger partial charge >= 0.3 is 0 Å². The maximum absolute atomic E-state index is 5.46. The molecule has 5 aromatic rings. The van der Waals surface area contributed by atoms with Crippen LogP contribution in [0, 0.1) is 18.8 Å². The van der Waals surface area contributed by atoms with Crippen LogP contribution in [0.1, 0.15) is 75.2 Å². The summed E-state index contributed by atoms with van der Waals surface area (Å²) in [6.07, 6.45) is 26.8. The second-order valence-electron chi connectivity index (χ2n) is 14.4. The van der Waals surface area contributed by atoms with E-state index >= 15 is 0 Å². The molecule has 248 valence electrons. The van der Waals surface area contributed by atoms with Crippen molar-refractivity contribution in [3.8, 4) is 0 Å². The van der Waals surface area contributed by atoms with E-state index in [2.05, 4.69) is 151 Å². The number of aryl methyl sites for hydroxylation is 1. The minimum atomic E-state index is -0.0215. The molecule has 4 heteroatoms. The number of benzene rings is 3. The zero-order valence-electron chi connectivity index (χ0n) is 29.3. The van der Waals surface area contributed by atoms with Crippen LogP contribution in [0.25, 0.3) is 44.5 Å². The molecule has 3 aliphatic carbocycles. The van der Waals surface area contributed by atoms with Crippen molar-refractivity contribution in [1.29, 1.82) is 0 Å². The summed E-state index contributed by atoms with van der Waals surface area (Å²) >= 11 is 0. The number of aromatic nitrogens is 2. The van der Waals surface area contributed by atoms with Crippen LogP contribution < -0.4 is 0 Å². The molecule has 0 amide bonds. The first-order chi connectivity index (χ1) is 24.6. The number of hydrogen-bond acceptors (Lipinski definition) is 2. The van der Waals surface area contributed by atoms with Gasteiger partial charge in [-0.2, -0.15) is 0 Å². The predicted octanol–water partition coefficient (Wildman–Crippen LogP) is 11.9. The maximum Gasteiger partial charge on any atom is 0.230 e. The second-order valence-corrected chi connectivity index (χ2v) is 14.4. The first kappa shape index (κ1) is 30.8. The normalized spacial score (nSPS) is 22.4. The van der Waals surface area contributed by atoms with Crippen molar-refractivity contribution in [3.05, 3.63) is 143 Å². The Kier molecular flexibility index (Phi) is 7.76. The molecule has 3 heterocycles. The maximum atomic E-state index is 5.46. The molecule has 3 atom stereocenters. The molecular formula is C46H44N4. The summed E-state index contributed by atoms with van der Waals surface area (Å²) in [5.74, 6) is 1.95. The number of allylic oxidation sites excluding steroid dienone is 11. The van der Waals surface area contributed by atoms with Crippen LogP contribution in [0.15, 0.2) is 136 Å². The summed E-state index contributed by atoms with van der Waals surface area (Å²) in [6.45, 7) is 6.81. The van der Waals surface area contributed by atoms with E-state index in [4.69, 9.17) is 9.98 Å². The van der Waals surface area contributed by atoms with E-state index in [1.165, 1.54) is 75.3 Å². The van der Waals surface area contributed by atoms with Crippen LogP contribution in [0.4, 0.5) is 0 Å². The molecule has 1 aliphatic heterocycles. The first-order valence-electron chi connectivity index (χ1n) is 18.5. The van der Waals surface area contributed by atoms with Crippen molar-refractivity contribution in [2.75, 3.05) is 0 Å². The molecule has 1 fully saturated rings. The van der Waals surface area contributed by atoms with Gasteiger partial charge in [-0.1, -0.05) is 110 Å². The van der Waals surface area contributed by atoms with E-state index in [9.17, 15) is 0 Å². The van der Waals surface area contributed by atoms with Gasteiger partial charge in [0.05, 0.1) is 34.0 Å². The van der Waals surface area contributed by atoms with Crippen LogP contribution >= 0.6 is 0 Å². The van der Waals surface area contributed by atoms with Crippen LogP contribution in [0.3, 0.4) is 0 Å². The van der Waals surface area contributed by atoms with Gasteiger partial charge in [0.2, 0.25) is 5.96 Å². The van der Waals surface area contributed by atoms with Crippen molar-refractivity contribution >= 4 is 56.2 Å². The molecule has 50 heavy (non-hydrogen) atoms. The van der Waals surface area contributed by atoms with Crippen LogP contribution in [0.5, 0.6) is 0 Å². The van der Waals surface area contributed by atoms with E-state index in [-0.39, 0.29) is 6.04 Å². The van der Waals surface area contributed by atoms with Crippen LogP contribution in [-0.4, -0.2) is 20.8 Å². The van der Waals surface area contributed by atoms with Gasteiger partial charge in [0.25, 0.3) is 0 Å². The average Bonchev–Trinajstić information content (AvgIpc) is 3.46. The highest BCUT2D eigenvalue weighted by Crippen LogP contribution is 2.46. The zero-order chi connectivity index (χ0) is 33.8. The van der Waals surface area contributed by atoms with Crippen molar-refractivity contribution in [2.24, 2.45) is 21.8 Å². The Bertz CT molecular complexity index is 2410. The van der Waals surface area contributed by atoms with Gasteiger partial charge < -0.3 is 4.57 Å². The molecule has 9 rings (SSSR count). The van der Waals surface area contributed by atoms with Gasteiger partial charge in [0.15, 0.2) is 0 Å². The Morgan fingerprint density at radius 1 is 0.860 bits per heavy atom. The molecule has 3 aromatic carbocycles. The lowest BCUT2D eigenvalue weighted by atomic mass is 9.73. The lowest BCUT2D eigenvalue weighted by molar-refractivity contribution is 0.379. The Balaban J connectivity index is 1.35. The Labute approximate surface area is 294 Å². The molecule has 4 nitrogen and oxygen atoms in total. The lowest BCUT2D eigenvalue weighted by Crippen LogP contribution is -2.22. The molecule has 0 N–H and O–H groups in total. The summed E-state index contributed by atoms with van der Waals surface area (Å²) in [5.41, 5.74) is 12.7. The van der Waals surface area contributed by atoms with Gasteiger partial charge in [-0.15, -0.1) is 0 Å². The highest BCUT2D eigenvalue weighted by molar-refractivity contribution is 6.22. The number of hydrogen-bond donors (Lipinski definition) is 0. The summed E-state index contributed by atoms with van der Waals surface area (Å²) < 4.78 is 4.95. The number of rotatable bonds is 4. The van der Waals surface area contributed by atoms with E-state index in [1.54, 1.807) is 5.57 Å². The highest BCUT2D eigenvalue weighted by Gasteiger charge is 2.31. The predicted molar refractivity (Wildman–Crippen MR) is 213 cm³/mol. The van der Waals surface area contributed by atoms with E-state index in [0.29, 0.717) is 11.8 Å².